The van der Waals surface area contributed by atoms with E-state index in [1.54, 1.807) is 0 Å². The molecule has 2 N–H and O–H groups in total. The molecule has 0 radical (unpaired) electrons. The van der Waals surface area contributed by atoms with Crippen molar-refractivity contribution in [2.45, 2.75) is 46.1 Å². The molecule has 1 atom stereocenters. The normalized spacial score (nSPS) is 12.0. The number of amides is 1. The van der Waals surface area contributed by atoms with E-state index in [4.69, 9.17) is 0 Å². The molecule has 2 aromatic rings. The van der Waals surface area contributed by atoms with Crippen LogP contribution in [0.3, 0.4) is 0 Å². The second-order valence-electron chi connectivity index (χ2n) is 6.01. The second kappa shape index (κ2) is 7.92. The Labute approximate surface area is 145 Å². The van der Waals surface area contributed by atoms with E-state index in [1.165, 1.54) is 16.8 Å². The van der Waals surface area contributed by atoms with Crippen molar-refractivity contribution < 1.29 is 19.1 Å². The highest BCUT2D eigenvalue weighted by Gasteiger charge is 2.21. The van der Waals surface area contributed by atoms with E-state index in [0.717, 1.165) is 23.9 Å². The van der Waals surface area contributed by atoms with E-state index < -0.39 is 23.7 Å². The molecule has 0 fully saturated rings. The number of rotatable bonds is 7. The molecule has 1 aromatic heterocycles. The Morgan fingerprint density at radius 2 is 2.04 bits per heavy atom. The summed E-state index contributed by atoms with van der Waals surface area (Å²) in [6, 6.07) is 4.87. The van der Waals surface area contributed by atoms with Gasteiger partial charge in [-0.2, -0.15) is 5.10 Å². The zero-order chi connectivity index (χ0) is 18.6. The zero-order valence-corrected chi connectivity index (χ0v) is 14.5. The van der Waals surface area contributed by atoms with Crippen molar-refractivity contribution in [3.05, 3.63) is 47.0 Å². The number of carbonyl (C=O) groups is 2. The van der Waals surface area contributed by atoms with Gasteiger partial charge in [0.1, 0.15) is 17.5 Å². The molecule has 0 unspecified atom stereocenters. The molecule has 134 valence electrons. The van der Waals surface area contributed by atoms with Crippen molar-refractivity contribution in [2.75, 3.05) is 0 Å². The molecule has 0 saturated carbocycles. The number of aromatic nitrogens is 2. The van der Waals surface area contributed by atoms with Gasteiger partial charge in [0.05, 0.1) is 5.69 Å². The number of carboxylic acid groups (broad SMARTS) is 1. The lowest BCUT2D eigenvalue weighted by Gasteiger charge is -2.14. The average Bonchev–Trinajstić information content (AvgIpc) is 2.89. The van der Waals surface area contributed by atoms with Gasteiger partial charge in [-0.15, -0.1) is 0 Å². The minimum atomic E-state index is -1.10. The highest BCUT2D eigenvalue weighted by Crippen LogP contribution is 2.18. The summed E-state index contributed by atoms with van der Waals surface area (Å²) in [5.74, 6) is -2.30. The predicted molar refractivity (Wildman–Crippen MR) is 91.4 cm³/mol. The maximum atomic E-state index is 14.4. The summed E-state index contributed by atoms with van der Waals surface area (Å²) < 4.78 is 15.9. The fraction of sp³-hybridized carbons (Fsp3) is 0.389. The first-order valence-electron chi connectivity index (χ1n) is 8.20. The van der Waals surface area contributed by atoms with E-state index in [2.05, 4.69) is 10.4 Å². The lowest BCUT2D eigenvalue weighted by molar-refractivity contribution is -0.139. The maximum Gasteiger partial charge on any atom is 0.326 e. The summed E-state index contributed by atoms with van der Waals surface area (Å²) >= 11 is 0. The number of unbranched alkanes of at least 4 members (excludes halogenated alkanes) is 1. The first-order chi connectivity index (χ1) is 11.8. The smallest absolute Gasteiger partial charge is 0.326 e. The van der Waals surface area contributed by atoms with Crippen LogP contribution in [0.2, 0.25) is 0 Å². The lowest BCUT2D eigenvalue weighted by atomic mass is 10.1. The van der Waals surface area contributed by atoms with Gasteiger partial charge in [-0.25, -0.2) is 13.9 Å². The Kier molecular flexibility index (Phi) is 5.90. The maximum absolute atomic E-state index is 14.4. The van der Waals surface area contributed by atoms with Crippen molar-refractivity contribution in [1.82, 2.24) is 15.1 Å². The Balaban J connectivity index is 2.20. The molecule has 0 saturated heterocycles. The molecule has 0 aliphatic rings. The van der Waals surface area contributed by atoms with Crippen molar-refractivity contribution >= 4 is 11.9 Å². The summed E-state index contributed by atoms with van der Waals surface area (Å²) in [6.07, 6.45) is 1.85. The number of hydrogen-bond donors (Lipinski definition) is 2. The molecule has 1 heterocycles. The molecule has 6 nitrogen and oxygen atoms in total. The SMILES string of the molecule is CCCC[C@H](NC(=O)c1ccc(-n2nc(C)cc2C)c(F)c1)C(=O)O. The Morgan fingerprint density at radius 3 is 2.56 bits per heavy atom. The Morgan fingerprint density at radius 1 is 1.32 bits per heavy atom. The largest absolute Gasteiger partial charge is 0.480 e. The van der Waals surface area contributed by atoms with Crippen molar-refractivity contribution in [1.29, 1.82) is 0 Å². The van der Waals surface area contributed by atoms with Crippen molar-refractivity contribution in [2.24, 2.45) is 0 Å². The van der Waals surface area contributed by atoms with Crippen LogP contribution in [0.25, 0.3) is 5.69 Å². The highest BCUT2D eigenvalue weighted by molar-refractivity contribution is 5.96. The summed E-state index contributed by atoms with van der Waals surface area (Å²) in [6.45, 7) is 5.56. The molecule has 1 aromatic carbocycles. The second-order valence-corrected chi connectivity index (χ2v) is 6.01. The van der Waals surface area contributed by atoms with E-state index in [1.807, 2.05) is 26.8 Å². The highest BCUT2D eigenvalue weighted by atomic mass is 19.1. The van der Waals surface area contributed by atoms with Crippen LogP contribution in [-0.4, -0.2) is 32.8 Å². The van der Waals surface area contributed by atoms with Gasteiger partial charge in [-0.1, -0.05) is 19.8 Å². The van der Waals surface area contributed by atoms with Crippen molar-refractivity contribution in [3.8, 4) is 5.69 Å². The van der Waals surface area contributed by atoms with Crippen LogP contribution < -0.4 is 5.32 Å². The average molecular weight is 347 g/mol. The lowest BCUT2D eigenvalue weighted by Crippen LogP contribution is -2.40. The van der Waals surface area contributed by atoms with Crippen LogP contribution in [0.15, 0.2) is 24.3 Å². The molecular formula is C18H22FN3O3. The molecule has 0 aliphatic carbocycles. The number of nitrogens with zero attached hydrogens (tertiary/aromatic N) is 2. The Bertz CT molecular complexity index is 786. The number of carboxylic acids is 1. The van der Waals surface area contributed by atoms with Gasteiger partial charge < -0.3 is 10.4 Å². The first-order valence-corrected chi connectivity index (χ1v) is 8.20. The van der Waals surface area contributed by atoms with E-state index in [0.29, 0.717) is 12.8 Å². The molecule has 2 rings (SSSR count). The fourth-order valence-electron chi connectivity index (χ4n) is 2.60. The Hall–Kier alpha value is -2.70. The third kappa shape index (κ3) is 4.43. The number of carbonyl (C=O) groups excluding carboxylic acids is 1. The third-order valence-electron chi connectivity index (χ3n) is 3.90. The zero-order valence-electron chi connectivity index (χ0n) is 14.5. The van der Waals surface area contributed by atoms with Crippen LogP contribution in [-0.2, 0) is 4.79 Å². The molecule has 0 bridgehead atoms. The van der Waals surface area contributed by atoms with Gasteiger partial charge in [-0.05, 0) is 44.5 Å². The molecule has 0 aliphatic heterocycles. The third-order valence-corrected chi connectivity index (χ3v) is 3.90. The molecular weight excluding hydrogens is 325 g/mol. The van der Waals surface area contributed by atoms with Gasteiger partial charge in [0.25, 0.3) is 5.91 Å². The number of aryl methyl sites for hydroxylation is 2. The molecule has 1 amide bonds. The summed E-state index contributed by atoms with van der Waals surface area (Å²) in [5.41, 5.74) is 1.85. The number of halogens is 1. The monoisotopic (exact) mass is 347 g/mol. The van der Waals surface area contributed by atoms with Crippen LogP contribution in [0, 0.1) is 19.7 Å². The van der Waals surface area contributed by atoms with E-state index >= 15 is 0 Å². The predicted octanol–water partition coefficient (Wildman–Crippen LogP) is 3.00. The van der Waals surface area contributed by atoms with Gasteiger partial charge in [0, 0.05) is 11.3 Å². The number of aliphatic carboxylic acids is 1. The number of nitrogens with one attached hydrogen (secondary N) is 1. The molecule has 7 heteroatoms. The first kappa shape index (κ1) is 18.6. The summed E-state index contributed by atoms with van der Waals surface area (Å²) in [7, 11) is 0. The van der Waals surface area contributed by atoms with Crippen LogP contribution in [0.1, 0.15) is 47.9 Å². The van der Waals surface area contributed by atoms with Crippen LogP contribution in [0.4, 0.5) is 4.39 Å². The topological polar surface area (TPSA) is 84.2 Å². The van der Waals surface area contributed by atoms with Crippen LogP contribution in [0.5, 0.6) is 0 Å². The van der Waals surface area contributed by atoms with Crippen LogP contribution >= 0.6 is 0 Å². The minimum absolute atomic E-state index is 0.0746. The van der Waals surface area contributed by atoms with Gasteiger partial charge in [-0.3, -0.25) is 4.79 Å². The van der Waals surface area contributed by atoms with Gasteiger partial charge in [0.15, 0.2) is 0 Å². The molecule has 25 heavy (non-hydrogen) atoms. The van der Waals surface area contributed by atoms with E-state index in [9.17, 15) is 19.1 Å². The summed E-state index contributed by atoms with van der Waals surface area (Å²) in [5, 5.41) is 15.8. The fourth-order valence-corrected chi connectivity index (χ4v) is 2.60. The number of hydrogen-bond acceptors (Lipinski definition) is 3. The standard InChI is InChI=1S/C18H22FN3O3/c1-4-5-6-15(18(24)25)20-17(23)13-7-8-16(14(19)10-13)22-12(3)9-11(2)21-22/h7-10,15H,4-6H2,1-3H3,(H,20,23)(H,24,25)/t15-/m0/s1. The molecule has 0 spiro atoms. The number of benzene rings is 1. The minimum Gasteiger partial charge on any atom is -0.480 e. The van der Waals surface area contributed by atoms with Gasteiger partial charge in [0.2, 0.25) is 0 Å². The quantitative estimate of drug-likeness (QED) is 0.806. The van der Waals surface area contributed by atoms with E-state index in [-0.39, 0.29) is 11.3 Å². The van der Waals surface area contributed by atoms with Gasteiger partial charge >= 0.3 is 5.97 Å². The van der Waals surface area contributed by atoms with Crippen molar-refractivity contribution in [3.63, 3.8) is 0 Å². The summed E-state index contributed by atoms with van der Waals surface area (Å²) in [4.78, 5) is 23.4.